The molecule has 2 heterocycles. The van der Waals surface area contributed by atoms with Crippen LogP contribution in [0.25, 0.3) is 0 Å². The Morgan fingerprint density at radius 2 is 2.27 bits per heavy atom. The Balaban J connectivity index is 2.16. The Morgan fingerprint density at radius 1 is 1.36 bits per heavy atom. The highest BCUT2D eigenvalue weighted by Gasteiger charge is 2.14. The molecule has 3 nitrogen and oxygen atoms in total. The van der Waals surface area contributed by atoms with Gasteiger partial charge in [0.05, 0.1) is 6.34 Å². The van der Waals surface area contributed by atoms with Crippen molar-refractivity contribution in [2.75, 3.05) is 33.2 Å². The Hall–Kier alpha value is -0.830. The molecule has 0 radical (unpaired) electrons. The van der Waals surface area contributed by atoms with Crippen molar-refractivity contribution in [3.63, 3.8) is 0 Å². The number of aliphatic imine (C=N–C) groups is 1. The molecule has 2 bridgehead atoms. The van der Waals surface area contributed by atoms with Gasteiger partial charge in [0.25, 0.3) is 0 Å². The zero-order valence-corrected chi connectivity index (χ0v) is 6.82. The minimum absolute atomic E-state index is 1.08. The van der Waals surface area contributed by atoms with Gasteiger partial charge in [0.2, 0.25) is 0 Å². The summed E-state index contributed by atoms with van der Waals surface area (Å²) in [5.41, 5.74) is 1.42. The Labute approximate surface area is 67.0 Å². The van der Waals surface area contributed by atoms with Gasteiger partial charge in [0.1, 0.15) is 0 Å². The highest BCUT2D eigenvalue weighted by Crippen LogP contribution is 2.09. The third-order valence-corrected chi connectivity index (χ3v) is 2.14. The van der Waals surface area contributed by atoms with E-state index in [1.54, 1.807) is 0 Å². The van der Waals surface area contributed by atoms with Gasteiger partial charge in [-0.15, -0.1) is 0 Å². The number of likely N-dealkylation sites (N-methyl/N-ethyl adjacent to an activating group) is 1. The summed E-state index contributed by atoms with van der Waals surface area (Å²) in [5, 5.41) is 0. The van der Waals surface area contributed by atoms with Crippen molar-refractivity contribution >= 4 is 6.34 Å². The molecule has 0 aliphatic carbocycles. The molecular formula is C8H13N3. The van der Waals surface area contributed by atoms with E-state index in [9.17, 15) is 0 Å². The maximum absolute atomic E-state index is 4.17. The lowest BCUT2D eigenvalue weighted by atomic mass is 10.2. The second kappa shape index (κ2) is 2.66. The van der Waals surface area contributed by atoms with E-state index in [0.717, 1.165) is 26.2 Å². The lowest BCUT2D eigenvalue weighted by Gasteiger charge is -2.18. The van der Waals surface area contributed by atoms with Crippen molar-refractivity contribution in [3.8, 4) is 0 Å². The summed E-state index contributed by atoms with van der Waals surface area (Å²) >= 11 is 0. The standard InChI is InChI=1S/C8H13N3/c1-10-2-3-11-6-8(5-10)4-9-7-11/h4,7H,2-3,5-6H2,1H3. The van der Waals surface area contributed by atoms with Gasteiger partial charge in [-0.05, 0) is 12.6 Å². The molecule has 1 fully saturated rings. The van der Waals surface area contributed by atoms with Crippen LogP contribution in [0.3, 0.4) is 0 Å². The molecular weight excluding hydrogens is 138 g/mol. The minimum atomic E-state index is 1.08. The average molecular weight is 151 g/mol. The van der Waals surface area contributed by atoms with Gasteiger partial charge in [-0.3, -0.25) is 0 Å². The third kappa shape index (κ3) is 1.43. The molecule has 60 valence electrons. The van der Waals surface area contributed by atoms with Crippen LogP contribution in [-0.2, 0) is 0 Å². The second-order valence-electron chi connectivity index (χ2n) is 3.26. The van der Waals surface area contributed by atoms with Gasteiger partial charge in [0.15, 0.2) is 0 Å². The Bertz CT molecular complexity index is 207. The Morgan fingerprint density at radius 3 is 3.18 bits per heavy atom. The van der Waals surface area contributed by atoms with Crippen LogP contribution in [-0.4, -0.2) is 49.4 Å². The molecule has 0 saturated carbocycles. The highest BCUT2D eigenvalue weighted by atomic mass is 15.2. The lowest BCUT2D eigenvalue weighted by molar-refractivity contribution is 0.356. The third-order valence-electron chi connectivity index (χ3n) is 2.14. The smallest absolute Gasteiger partial charge is 0.0908 e. The van der Waals surface area contributed by atoms with E-state index in [0.29, 0.717) is 0 Å². The van der Waals surface area contributed by atoms with Gasteiger partial charge in [-0.25, -0.2) is 4.99 Å². The normalized spacial score (nSPS) is 24.8. The van der Waals surface area contributed by atoms with Crippen LogP contribution in [0.15, 0.2) is 16.8 Å². The molecule has 0 atom stereocenters. The number of hydrogen-bond donors (Lipinski definition) is 0. The molecule has 1 saturated heterocycles. The molecule has 0 aromatic rings. The topological polar surface area (TPSA) is 18.8 Å². The van der Waals surface area contributed by atoms with Gasteiger partial charge in [-0.1, -0.05) is 0 Å². The maximum Gasteiger partial charge on any atom is 0.0908 e. The summed E-state index contributed by atoms with van der Waals surface area (Å²) in [7, 11) is 2.16. The Kier molecular flexibility index (Phi) is 1.66. The van der Waals surface area contributed by atoms with Crippen LogP contribution < -0.4 is 0 Å². The van der Waals surface area contributed by atoms with Crippen LogP contribution in [0.1, 0.15) is 0 Å². The van der Waals surface area contributed by atoms with E-state index in [2.05, 4.69) is 21.8 Å². The van der Waals surface area contributed by atoms with Crippen molar-refractivity contribution in [3.05, 3.63) is 11.8 Å². The predicted octanol–water partition coefficient (Wildman–Crippen LogP) is 0.160. The first-order chi connectivity index (χ1) is 5.34. The number of rotatable bonds is 0. The molecule has 11 heavy (non-hydrogen) atoms. The molecule has 0 unspecified atom stereocenters. The number of fused-ring (bicyclic) bond motifs is 2. The SMILES string of the molecule is CN1CCN2C=NC=C(C1)C2. The molecule has 0 N–H and O–H groups in total. The van der Waals surface area contributed by atoms with E-state index in [4.69, 9.17) is 0 Å². The fourth-order valence-corrected chi connectivity index (χ4v) is 1.53. The zero-order chi connectivity index (χ0) is 7.68. The number of hydrogen-bond acceptors (Lipinski definition) is 3. The van der Waals surface area contributed by atoms with Gasteiger partial charge < -0.3 is 9.80 Å². The molecule has 0 spiro atoms. The van der Waals surface area contributed by atoms with Crippen LogP contribution in [0.2, 0.25) is 0 Å². The van der Waals surface area contributed by atoms with Gasteiger partial charge in [-0.2, -0.15) is 0 Å². The first kappa shape index (κ1) is 6.85. The molecule has 2 aliphatic rings. The summed E-state index contributed by atoms with van der Waals surface area (Å²) in [5.74, 6) is 0. The maximum atomic E-state index is 4.17. The fourth-order valence-electron chi connectivity index (χ4n) is 1.53. The summed E-state index contributed by atoms with van der Waals surface area (Å²) in [4.78, 5) is 8.76. The van der Waals surface area contributed by atoms with Crippen molar-refractivity contribution in [2.45, 2.75) is 0 Å². The molecule has 0 aromatic heterocycles. The fraction of sp³-hybridized carbons (Fsp3) is 0.625. The van der Waals surface area contributed by atoms with Crippen molar-refractivity contribution in [2.24, 2.45) is 4.99 Å². The van der Waals surface area contributed by atoms with Gasteiger partial charge in [0, 0.05) is 32.4 Å². The zero-order valence-electron chi connectivity index (χ0n) is 6.82. The predicted molar refractivity (Wildman–Crippen MR) is 45.6 cm³/mol. The van der Waals surface area contributed by atoms with E-state index in [1.807, 2.05) is 12.5 Å². The van der Waals surface area contributed by atoms with Crippen LogP contribution in [0.4, 0.5) is 0 Å². The summed E-state index contributed by atoms with van der Waals surface area (Å²) in [6, 6.07) is 0. The van der Waals surface area contributed by atoms with E-state index in [1.165, 1.54) is 5.57 Å². The molecule has 0 aromatic carbocycles. The van der Waals surface area contributed by atoms with E-state index >= 15 is 0 Å². The lowest BCUT2D eigenvalue weighted by Crippen LogP contribution is -2.28. The van der Waals surface area contributed by atoms with Crippen LogP contribution in [0.5, 0.6) is 0 Å². The second-order valence-corrected chi connectivity index (χ2v) is 3.26. The first-order valence-electron chi connectivity index (χ1n) is 3.98. The first-order valence-corrected chi connectivity index (χ1v) is 3.98. The summed E-state index contributed by atoms with van der Waals surface area (Å²) < 4.78 is 0. The molecule has 2 aliphatic heterocycles. The highest BCUT2D eigenvalue weighted by molar-refractivity contribution is 5.58. The van der Waals surface area contributed by atoms with Gasteiger partial charge >= 0.3 is 0 Å². The van der Waals surface area contributed by atoms with Crippen LogP contribution in [0, 0.1) is 0 Å². The van der Waals surface area contributed by atoms with Crippen molar-refractivity contribution in [1.82, 2.24) is 9.80 Å². The van der Waals surface area contributed by atoms with E-state index < -0.39 is 0 Å². The van der Waals surface area contributed by atoms with Crippen LogP contribution >= 0.6 is 0 Å². The average Bonchev–Trinajstić information content (AvgIpc) is 2.12. The molecule has 0 amide bonds. The number of nitrogens with zero attached hydrogens (tertiary/aromatic N) is 3. The largest absolute Gasteiger partial charge is 0.357 e. The summed E-state index contributed by atoms with van der Waals surface area (Å²) in [6.45, 7) is 4.41. The molecule has 3 heteroatoms. The minimum Gasteiger partial charge on any atom is -0.357 e. The monoisotopic (exact) mass is 151 g/mol. The van der Waals surface area contributed by atoms with E-state index in [-0.39, 0.29) is 0 Å². The quantitative estimate of drug-likeness (QED) is 0.491. The van der Waals surface area contributed by atoms with Crippen molar-refractivity contribution < 1.29 is 0 Å². The molecule has 2 rings (SSSR count). The summed E-state index contributed by atoms with van der Waals surface area (Å²) in [6.07, 6.45) is 3.92. The van der Waals surface area contributed by atoms with Crippen molar-refractivity contribution in [1.29, 1.82) is 0 Å².